The summed E-state index contributed by atoms with van der Waals surface area (Å²) in [6.07, 6.45) is 6.11. The van der Waals surface area contributed by atoms with Crippen LogP contribution in [0.5, 0.6) is 0 Å². The summed E-state index contributed by atoms with van der Waals surface area (Å²) in [4.78, 5) is 35.7. The summed E-state index contributed by atoms with van der Waals surface area (Å²) >= 11 is 0. The third-order valence-electron chi connectivity index (χ3n) is 6.55. The number of fused-ring (bicyclic) bond motifs is 2. The molecule has 3 aliphatic rings. The van der Waals surface area contributed by atoms with E-state index in [9.17, 15) is 14.4 Å². The number of nitrogens with two attached hydrogens (primary N) is 1. The summed E-state index contributed by atoms with van der Waals surface area (Å²) in [5.74, 6) is 0.417. The zero-order valence-corrected chi connectivity index (χ0v) is 16.7. The molecule has 1 aliphatic heterocycles. The van der Waals surface area contributed by atoms with Gasteiger partial charge >= 0.3 is 0 Å². The summed E-state index contributed by atoms with van der Waals surface area (Å²) < 4.78 is 0. The lowest BCUT2D eigenvalue weighted by Crippen LogP contribution is -2.48. The van der Waals surface area contributed by atoms with Gasteiger partial charge in [0, 0.05) is 24.1 Å². The quantitative estimate of drug-likeness (QED) is 0.669. The molecule has 1 aromatic rings. The molecule has 4 rings (SSSR count). The van der Waals surface area contributed by atoms with Gasteiger partial charge in [0.15, 0.2) is 0 Å². The Bertz CT molecular complexity index is 738. The molecule has 2 bridgehead atoms. The number of hydrogen-bond acceptors (Lipinski definition) is 4. The monoisotopic (exact) mass is 405 g/mol. The van der Waals surface area contributed by atoms with Crippen molar-refractivity contribution in [2.24, 2.45) is 29.4 Å². The summed E-state index contributed by atoms with van der Waals surface area (Å²) in [6.45, 7) is 0. The number of amides is 3. The second-order valence-corrected chi connectivity index (χ2v) is 8.40. The molecule has 3 unspecified atom stereocenters. The van der Waals surface area contributed by atoms with Crippen molar-refractivity contribution in [3.63, 3.8) is 0 Å². The fourth-order valence-corrected chi connectivity index (χ4v) is 5.03. The maximum absolute atomic E-state index is 12.7. The predicted molar refractivity (Wildman–Crippen MR) is 109 cm³/mol. The summed E-state index contributed by atoms with van der Waals surface area (Å²) in [6, 6.07) is 7.84. The number of carbonyl (C=O) groups is 3. The third-order valence-corrected chi connectivity index (χ3v) is 6.55. The zero-order chi connectivity index (χ0) is 19.0. The van der Waals surface area contributed by atoms with E-state index in [0.29, 0.717) is 18.3 Å². The van der Waals surface area contributed by atoms with Gasteiger partial charge in [-0.1, -0.05) is 18.6 Å². The van der Waals surface area contributed by atoms with Crippen molar-refractivity contribution in [2.75, 3.05) is 5.32 Å². The largest absolute Gasteiger partial charge is 0.327 e. The van der Waals surface area contributed by atoms with E-state index in [1.807, 2.05) is 24.3 Å². The van der Waals surface area contributed by atoms with Gasteiger partial charge in [-0.25, -0.2) is 0 Å². The number of hydrogen-bond donors (Lipinski definition) is 3. The molecule has 3 fully saturated rings. The van der Waals surface area contributed by atoms with Gasteiger partial charge in [0.1, 0.15) is 0 Å². The van der Waals surface area contributed by atoms with Gasteiger partial charge in [-0.05, 0) is 61.6 Å². The molecule has 0 aromatic heterocycles. The zero-order valence-electron chi connectivity index (χ0n) is 15.9. The number of imide groups is 1. The highest BCUT2D eigenvalue weighted by Gasteiger charge is 2.40. The maximum atomic E-state index is 12.7. The number of rotatable bonds is 4. The standard InChI is InChI=1S/C21H27N3O3.ClH/c22-19-13-2-1-3-14(19)10-16(9-13)20(26)23-17-6-4-12(5-7-17)8-15-11-18(25)24-21(15)27;/h4-7,13-16,19H,1-3,8-11,22H2,(H,23,26)(H,24,25,27);1H. The van der Waals surface area contributed by atoms with Gasteiger partial charge in [0.25, 0.3) is 0 Å². The highest BCUT2D eigenvalue weighted by atomic mass is 35.5. The molecule has 28 heavy (non-hydrogen) atoms. The number of halogens is 1. The van der Waals surface area contributed by atoms with E-state index in [2.05, 4.69) is 10.6 Å². The molecular formula is C21H28ClN3O3. The van der Waals surface area contributed by atoms with Crippen LogP contribution in [-0.4, -0.2) is 23.8 Å². The normalized spacial score (nSPS) is 31.7. The van der Waals surface area contributed by atoms with E-state index in [1.165, 1.54) is 6.42 Å². The molecule has 1 aromatic carbocycles. The molecule has 4 N–H and O–H groups in total. The van der Waals surface area contributed by atoms with Crippen molar-refractivity contribution in [3.8, 4) is 0 Å². The molecule has 0 radical (unpaired) electrons. The minimum absolute atomic E-state index is 0. The smallest absolute Gasteiger partial charge is 0.230 e. The Morgan fingerprint density at radius 2 is 1.75 bits per heavy atom. The molecule has 7 heteroatoms. The van der Waals surface area contributed by atoms with Crippen LogP contribution in [0.2, 0.25) is 0 Å². The SMILES string of the molecule is Cl.NC1C2CCCC1CC(C(=O)Nc1ccc(CC3CC(=O)NC3=O)cc1)C2. The number of nitrogens with one attached hydrogen (secondary N) is 2. The molecule has 0 spiro atoms. The van der Waals surface area contributed by atoms with Crippen molar-refractivity contribution < 1.29 is 14.4 Å². The van der Waals surface area contributed by atoms with E-state index >= 15 is 0 Å². The number of carbonyl (C=O) groups excluding carboxylic acids is 3. The van der Waals surface area contributed by atoms with E-state index in [0.717, 1.165) is 36.9 Å². The Kier molecular flexibility index (Phi) is 6.40. The average molecular weight is 406 g/mol. The summed E-state index contributed by atoms with van der Waals surface area (Å²) in [5, 5.41) is 5.38. The van der Waals surface area contributed by atoms with Gasteiger partial charge in [-0.2, -0.15) is 0 Å². The molecule has 1 heterocycles. The average Bonchev–Trinajstić information content (AvgIpc) is 2.93. The van der Waals surface area contributed by atoms with Gasteiger partial charge in [-0.3, -0.25) is 19.7 Å². The molecule has 152 valence electrons. The van der Waals surface area contributed by atoms with Crippen LogP contribution in [0.3, 0.4) is 0 Å². The molecule has 3 atom stereocenters. The van der Waals surface area contributed by atoms with Crippen molar-refractivity contribution in [3.05, 3.63) is 29.8 Å². The van der Waals surface area contributed by atoms with Crippen LogP contribution in [0.4, 0.5) is 5.69 Å². The maximum Gasteiger partial charge on any atom is 0.230 e. The highest BCUT2D eigenvalue weighted by Crippen LogP contribution is 2.42. The van der Waals surface area contributed by atoms with E-state index in [1.54, 1.807) is 0 Å². The Labute approximate surface area is 171 Å². The lowest BCUT2D eigenvalue weighted by atomic mass is 9.65. The fourth-order valence-electron chi connectivity index (χ4n) is 5.03. The van der Waals surface area contributed by atoms with Crippen LogP contribution in [-0.2, 0) is 20.8 Å². The molecular weight excluding hydrogens is 378 g/mol. The number of anilines is 1. The van der Waals surface area contributed by atoms with Crippen LogP contribution in [0, 0.1) is 23.7 Å². The fraction of sp³-hybridized carbons (Fsp3) is 0.571. The third kappa shape index (κ3) is 4.39. The lowest BCUT2D eigenvalue weighted by molar-refractivity contribution is -0.126. The molecule has 6 nitrogen and oxygen atoms in total. The molecule has 2 aliphatic carbocycles. The topological polar surface area (TPSA) is 101 Å². The Morgan fingerprint density at radius 1 is 1.11 bits per heavy atom. The first-order chi connectivity index (χ1) is 13.0. The highest BCUT2D eigenvalue weighted by molar-refractivity contribution is 6.03. The Balaban J connectivity index is 0.00000225. The first-order valence-electron chi connectivity index (χ1n) is 9.98. The summed E-state index contributed by atoms with van der Waals surface area (Å²) in [5.41, 5.74) is 8.08. The van der Waals surface area contributed by atoms with Gasteiger partial charge in [0.2, 0.25) is 17.7 Å². The minimum Gasteiger partial charge on any atom is -0.327 e. The van der Waals surface area contributed by atoms with Crippen LogP contribution >= 0.6 is 12.4 Å². The van der Waals surface area contributed by atoms with Crippen LogP contribution in [0.25, 0.3) is 0 Å². The van der Waals surface area contributed by atoms with Crippen molar-refractivity contribution >= 4 is 35.8 Å². The van der Waals surface area contributed by atoms with E-state index < -0.39 is 0 Å². The van der Waals surface area contributed by atoms with Crippen LogP contribution < -0.4 is 16.4 Å². The van der Waals surface area contributed by atoms with E-state index in [-0.39, 0.29) is 54.4 Å². The Morgan fingerprint density at radius 3 is 2.32 bits per heavy atom. The van der Waals surface area contributed by atoms with Gasteiger partial charge in [-0.15, -0.1) is 12.4 Å². The molecule has 3 amide bonds. The van der Waals surface area contributed by atoms with Crippen molar-refractivity contribution in [2.45, 2.75) is 51.0 Å². The van der Waals surface area contributed by atoms with Crippen LogP contribution in [0.15, 0.2) is 24.3 Å². The first-order valence-corrected chi connectivity index (χ1v) is 9.98. The van der Waals surface area contributed by atoms with Gasteiger partial charge < -0.3 is 11.1 Å². The first kappa shape index (κ1) is 20.8. The minimum atomic E-state index is -0.288. The second-order valence-electron chi connectivity index (χ2n) is 8.40. The van der Waals surface area contributed by atoms with E-state index in [4.69, 9.17) is 5.73 Å². The molecule has 2 saturated carbocycles. The lowest BCUT2D eigenvalue weighted by Gasteiger charge is -2.43. The number of benzene rings is 1. The van der Waals surface area contributed by atoms with Gasteiger partial charge in [0.05, 0.1) is 5.92 Å². The second kappa shape index (κ2) is 8.62. The molecule has 1 saturated heterocycles. The van der Waals surface area contributed by atoms with Crippen molar-refractivity contribution in [1.82, 2.24) is 5.32 Å². The summed E-state index contributed by atoms with van der Waals surface area (Å²) in [7, 11) is 0. The van der Waals surface area contributed by atoms with Crippen LogP contribution in [0.1, 0.15) is 44.1 Å². The Hall–Kier alpha value is -1.92. The predicted octanol–water partition coefficient (Wildman–Crippen LogP) is 2.41. The van der Waals surface area contributed by atoms with Crippen molar-refractivity contribution in [1.29, 1.82) is 0 Å².